The molecule has 0 aromatic rings. The van der Waals surface area contributed by atoms with Crippen molar-refractivity contribution in [3.05, 3.63) is 12.2 Å². The van der Waals surface area contributed by atoms with Gasteiger partial charge in [-0.1, -0.05) is 51.2 Å². The number of hydrogen-bond donors (Lipinski definition) is 2. The molecule has 2 rings (SSSR count). The Bertz CT molecular complexity index is 380. The van der Waals surface area contributed by atoms with E-state index in [1.54, 1.807) is 0 Å². The molecule has 1 saturated carbocycles. The quantitative estimate of drug-likeness (QED) is 0.521. The highest BCUT2D eigenvalue weighted by Crippen LogP contribution is 2.42. The zero-order valence-corrected chi connectivity index (χ0v) is 14.3. The number of fused-ring (bicyclic) bond motifs is 1. The summed E-state index contributed by atoms with van der Waals surface area (Å²) in [5.74, 6) is 2.11. The van der Waals surface area contributed by atoms with Crippen molar-refractivity contribution >= 4 is 5.97 Å². The summed E-state index contributed by atoms with van der Waals surface area (Å²) in [6, 6.07) is 0.538. The van der Waals surface area contributed by atoms with Gasteiger partial charge in [-0.3, -0.25) is 4.79 Å². The molecular weight excluding hydrogens is 274 g/mol. The molecule has 22 heavy (non-hydrogen) atoms. The fourth-order valence-corrected chi connectivity index (χ4v) is 4.61. The maximum absolute atomic E-state index is 10.7. The van der Waals surface area contributed by atoms with Crippen LogP contribution in [0.3, 0.4) is 0 Å². The minimum atomic E-state index is -0.662. The Labute approximate surface area is 135 Å². The maximum Gasteiger partial charge on any atom is 0.303 e. The maximum atomic E-state index is 10.7. The topological polar surface area (TPSA) is 49.3 Å². The van der Waals surface area contributed by atoms with Crippen molar-refractivity contribution in [3.8, 4) is 0 Å². The zero-order valence-electron chi connectivity index (χ0n) is 14.3. The van der Waals surface area contributed by atoms with Gasteiger partial charge in [-0.15, -0.1) is 0 Å². The molecule has 0 aromatic heterocycles. The van der Waals surface area contributed by atoms with Crippen LogP contribution < -0.4 is 5.32 Å². The number of hydrogen-bond acceptors (Lipinski definition) is 2. The van der Waals surface area contributed by atoms with Crippen LogP contribution in [0.25, 0.3) is 0 Å². The van der Waals surface area contributed by atoms with Crippen molar-refractivity contribution in [2.45, 2.75) is 70.8 Å². The lowest BCUT2D eigenvalue weighted by Crippen LogP contribution is -2.42. The highest BCUT2D eigenvalue weighted by atomic mass is 16.4. The van der Waals surface area contributed by atoms with E-state index >= 15 is 0 Å². The number of nitrogens with one attached hydrogen (secondary N) is 1. The molecule has 5 atom stereocenters. The first-order valence-corrected chi connectivity index (χ1v) is 9.19. The van der Waals surface area contributed by atoms with Gasteiger partial charge in [0.25, 0.3) is 0 Å². The molecule has 0 aliphatic heterocycles. The second-order valence-corrected chi connectivity index (χ2v) is 7.46. The van der Waals surface area contributed by atoms with Gasteiger partial charge in [0.15, 0.2) is 0 Å². The van der Waals surface area contributed by atoms with E-state index in [-0.39, 0.29) is 0 Å². The van der Waals surface area contributed by atoms with E-state index in [0.717, 1.165) is 24.2 Å². The first-order valence-electron chi connectivity index (χ1n) is 9.19. The van der Waals surface area contributed by atoms with E-state index in [0.29, 0.717) is 18.4 Å². The molecule has 2 N–H and O–H groups in total. The van der Waals surface area contributed by atoms with Gasteiger partial charge >= 0.3 is 5.97 Å². The standard InChI is InChI=1S/C19H33NO2/c1-14(13-19(21)22)7-3-5-10-17-16-9-6-4-8-15(16)11-12-18(17)20-2/h11-12,14-18,20H,3-10,13H2,1-2H3,(H,21,22)/t14?,15?,16?,17-,18?/m1/s1. The van der Waals surface area contributed by atoms with Gasteiger partial charge in [0.05, 0.1) is 0 Å². The van der Waals surface area contributed by atoms with E-state index < -0.39 is 5.97 Å². The summed E-state index contributed by atoms with van der Waals surface area (Å²) in [6.45, 7) is 2.06. The highest BCUT2D eigenvalue weighted by Gasteiger charge is 2.36. The zero-order chi connectivity index (χ0) is 15.9. The molecular formula is C19H33NO2. The molecule has 0 radical (unpaired) electrons. The molecule has 0 bridgehead atoms. The largest absolute Gasteiger partial charge is 0.481 e. The molecule has 0 heterocycles. The van der Waals surface area contributed by atoms with Crippen molar-refractivity contribution in [1.29, 1.82) is 0 Å². The number of unbranched alkanes of at least 4 members (excludes halogenated alkanes) is 1. The molecule has 0 aromatic carbocycles. The Morgan fingerprint density at radius 3 is 2.77 bits per heavy atom. The number of aliphatic carboxylic acids is 1. The Kier molecular flexibility index (Phi) is 6.94. The number of rotatable bonds is 8. The van der Waals surface area contributed by atoms with Crippen LogP contribution in [0.4, 0.5) is 0 Å². The van der Waals surface area contributed by atoms with E-state index in [2.05, 4.69) is 31.4 Å². The number of carbonyl (C=O) groups is 1. The Hall–Kier alpha value is -0.830. The van der Waals surface area contributed by atoms with Crippen LogP contribution >= 0.6 is 0 Å². The van der Waals surface area contributed by atoms with Crippen molar-refractivity contribution < 1.29 is 9.90 Å². The van der Waals surface area contributed by atoms with Crippen LogP contribution in [0.5, 0.6) is 0 Å². The third kappa shape index (κ3) is 4.84. The van der Waals surface area contributed by atoms with Crippen LogP contribution in [0.1, 0.15) is 64.7 Å². The van der Waals surface area contributed by atoms with Crippen LogP contribution in [0, 0.1) is 23.7 Å². The fourth-order valence-electron chi connectivity index (χ4n) is 4.61. The van der Waals surface area contributed by atoms with Gasteiger partial charge in [-0.25, -0.2) is 0 Å². The second-order valence-electron chi connectivity index (χ2n) is 7.46. The minimum Gasteiger partial charge on any atom is -0.481 e. The molecule has 1 fully saturated rings. The summed E-state index contributed by atoms with van der Waals surface area (Å²) >= 11 is 0. The molecule has 0 amide bonds. The van der Waals surface area contributed by atoms with Gasteiger partial charge < -0.3 is 10.4 Å². The lowest BCUT2D eigenvalue weighted by Gasteiger charge is -2.42. The first kappa shape index (κ1) is 17.5. The summed E-state index contributed by atoms with van der Waals surface area (Å²) in [7, 11) is 2.08. The first-order chi connectivity index (χ1) is 10.6. The molecule has 0 saturated heterocycles. The van der Waals surface area contributed by atoms with Crippen molar-refractivity contribution in [1.82, 2.24) is 5.32 Å². The predicted molar refractivity (Wildman–Crippen MR) is 90.8 cm³/mol. The average Bonchev–Trinajstić information content (AvgIpc) is 2.50. The summed E-state index contributed by atoms with van der Waals surface area (Å²) < 4.78 is 0. The molecule has 3 nitrogen and oxygen atoms in total. The number of allylic oxidation sites excluding steroid dienone is 1. The number of carboxylic acids is 1. The van der Waals surface area contributed by atoms with E-state index in [4.69, 9.17) is 5.11 Å². The van der Waals surface area contributed by atoms with Crippen LogP contribution in [-0.4, -0.2) is 24.2 Å². The summed E-state index contributed by atoms with van der Waals surface area (Å²) in [5, 5.41) is 12.3. The lowest BCUT2D eigenvalue weighted by molar-refractivity contribution is -0.138. The monoisotopic (exact) mass is 307 g/mol. The van der Waals surface area contributed by atoms with E-state index in [1.807, 2.05) is 0 Å². The van der Waals surface area contributed by atoms with Crippen molar-refractivity contribution in [3.63, 3.8) is 0 Å². The van der Waals surface area contributed by atoms with Gasteiger partial charge in [0.1, 0.15) is 0 Å². The third-order valence-corrected chi connectivity index (χ3v) is 5.79. The SMILES string of the molecule is CNC1C=CC2CCCCC2[C@H]1CCCCC(C)CC(=O)O. The third-order valence-electron chi connectivity index (χ3n) is 5.79. The van der Waals surface area contributed by atoms with Crippen molar-refractivity contribution in [2.24, 2.45) is 23.7 Å². The second kappa shape index (κ2) is 8.71. The van der Waals surface area contributed by atoms with Crippen LogP contribution in [-0.2, 0) is 4.79 Å². The molecule has 3 heteroatoms. The van der Waals surface area contributed by atoms with Gasteiger partial charge in [0, 0.05) is 12.5 Å². The smallest absolute Gasteiger partial charge is 0.303 e. The summed E-state index contributed by atoms with van der Waals surface area (Å²) in [6.07, 6.45) is 15.5. The number of carboxylic acid groups (broad SMARTS) is 1. The van der Waals surface area contributed by atoms with Crippen molar-refractivity contribution in [2.75, 3.05) is 7.05 Å². The molecule has 126 valence electrons. The van der Waals surface area contributed by atoms with Gasteiger partial charge in [-0.05, 0) is 50.0 Å². The summed E-state index contributed by atoms with van der Waals surface area (Å²) in [4.78, 5) is 10.7. The summed E-state index contributed by atoms with van der Waals surface area (Å²) in [5.41, 5.74) is 0. The molecule has 4 unspecified atom stereocenters. The Morgan fingerprint density at radius 1 is 1.27 bits per heavy atom. The Morgan fingerprint density at radius 2 is 2.05 bits per heavy atom. The van der Waals surface area contributed by atoms with Gasteiger partial charge in [0.2, 0.25) is 0 Å². The molecule has 2 aliphatic rings. The number of likely N-dealkylation sites (N-methyl/N-ethyl adjacent to an activating group) is 1. The normalized spacial score (nSPS) is 32.5. The van der Waals surface area contributed by atoms with Gasteiger partial charge in [-0.2, -0.15) is 0 Å². The van der Waals surface area contributed by atoms with Crippen LogP contribution in [0.2, 0.25) is 0 Å². The Balaban J connectivity index is 1.79. The van der Waals surface area contributed by atoms with Crippen LogP contribution in [0.15, 0.2) is 12.2 Å². The predicted octanol–water partition coefficient (Wildman–Crippen LogP) is 4.24. The fraction of sp³-hybridized carbons (Fsp3) is 0.842. The minimum absolute atomic E-state index is 0.311. The average molecular weight is 307 g/mol. The lowest BCUT2D eigenvalue weighted by atomic mass is 9.65. The molecule has 2 aliphatic carbocycles. The van der Waals surface area contributed by atoms with E-state index in [9.17, 15) is 4.79 Å². The highest BCUT2D eigenvalue weighted by molar-refractivity contribution is 5.66. The van der Waals surface area contributed by atoms with E-state index in [1.165, 1.54) is 44.9 Å². The molecule has 0 spiro atoms.